The van der Waals surface area contributed by atoms with Gasteiger partial charge in [-0.25, -0.2) is 4.79 Å². The molecule has 0 saturated heterocycles. The molecule has 1 unspecified atom stereocenters. The summed E-state index contributed by atoms with van der Waals surface area (Å²) in [5, 5.41) is 9.41. The second kappa shape index (κ2) is 17.1. The lowest BCUT2D eigenvalue weighted by Gasteiger charge is -2.25. The predicted octanol–water partition coefficient (Wildman–Crippen LogP) is 2.76. The summed E-state index contributed by atoms with van der Waals surface area (Å²) in [6, 6.07) is -0.104. The van der Waals surface area contributed by atoms with Crippen molar-refractivity contribution >= 4 is 36.0 Å². The van der Waals surface area contributed by atoms with E-state index >= 15 is 0 Å². The molecule has 0 aromatic heterocycles. The number of carbonyl (C=O) groups excluding carboxylic acids is 1. The monoisotopic (exact) mass is 516 g/mol. The summed E-state index contributed by atoms with van der Waals surface area (Å²) in [4.78, 5) is 16.6. The molecule has 0 radical (unpaired) electrons. The van der Waals surface area contributed by atoms with Gasteiger partial charge >= 0.3 is 6.09 Å². The number of aliphatic imine (C=N–C) groups is 1. The quantitative estimate of drug-likeness (QED) is 0.160. The van der Waals surface area contributed by atoms with Crippen LogP contribution in [-0.4, -0.2) is 70.3 Å². The summed E-state index contributed by atoms with van der Waals surface area (Å²) in [6.07, 6.45) is 0.459. The van der Waals surface area contributed by atoms with Crippen LogP contribution in [0.15, 0.2) is 4.99 Å². The van der Waals surface area contributed by atoms with Crippen LogP contribution in [0.4, 0.5) is 4.79 Å². The van der Waals surface area contributed by atoms with E-state index in [0.29, 0.717) is 26.4 Å². The highest BCUT2D eigenvalue weighted by Gasteiger charge is 2.21. The predicted molar refractivity (Wildman–Crippen MR) is 125 cm³/mol. The van der Waals surface area contributed by atoms with Crippen molar-refractivity contribution in [3.63, 3.8) is 0 Å². The Morgan fingerprint density at radius 1 is 1.11 bits per heavy atom. The van der Waals surface area contributed by atoms with Gasteiger partial charge in [-0.15, -0.1) is 24.0 Å². The normalized spacial score (nSPS) is 12.9. The Morgan fingerprint density at radius 3 is 2.32 bits per heavy atom. The van der Waals surface area contributed by atoms with Crippen molar-refractivity contribution in [3.8, 4) is 0 Å². The molecular weight excluding hydrogens is 475 g/mol. The van der Waals surface area contributed by atoms with E-state index in [0.717, 1.165) is 25.5 Å². The SMILES string of the molecule is CCNC(=NCC(NC(=O)OC(C)(C)C)C(C)C)NCCCOCCOC.I. The number of rotatable bonds is 12. The maximum atomic E-state index is 12.0. The number of hydrogen-bond donors (Lipinski definition) is 3. The molecule has 1 amide bonds. The Kier molecular flexibility index (Phi) is 17.9. The summed E-state index contributed by atoms with van der Waals surface area (Å²) >= 11 is 0. The summed E-state index contributed by atoms with van der Waals surface area (Å²) in [6.45, 7) is 15.5. The van der Waals surface area contributed by atoms with E-state index in [1.807, 2.05) is 27.7 Å². The minimum absolute atomic E-state index is 0. The first-order valence-corrected chi connectivity index (χ1v) is 9.78. The van der Waals surface area contributed by atoms with Gasteiger partial charge in [0.1, 0.15) is 5.60 Å². The smallest absolute Gasteiger partial charge is 0.407 e. The number of amides is 1. The van der Waals surface area contributed by atoms with Crippen LogP contribution >= 0.6 is 24.0 Å². The first kappa shape index (κ1) is 29.4. The van der Waals surface area contributed by atoms with Crippen LogP contribution in [0.3, 0.4) is 0 Å². The van der Waals surface area contributed by atoms with Gasteiger partial charge in [0.25, 0.3) is 0 Å². The van der Waals surface area contributed by atoms with Crippen LogP contribution in [0.25, 0.3) is 0 Å². The van der Waals surface area contributed by atoms with Gasteiger partial charge in [-0.3, -0.25) is 4.99 Å². The molecule has 0 aliphatic heterocycles. The Labute approximate surface area is 187 Å². The molecule has 168 valence electrons. The second-order valence-corrected chi connectivity index (χ2v) is 7.60. The van der Waals surface area contributed by atoms with Crippen LogP contribution in [0.5, 0.6) is 0 Å². The molecule has 8 nitrogen and oxygen atoms in total. The van der Waals surface area contributed by atoms with Crippen LogP contribution < -0.4 is 16.0 Å². The van der Waals surface area contributed by atoms with Crippen LogP contribution in [0, 0.1) is 5.92 Å². The molecule has 0 heterocycles. The molecule has 0 fully saturated rings. The van der Waals surface area contributed by atoms with Crippen molar-refractivity contribution in [1.29, 1.82) is 0 Å². The zero-order valence-corrected chi connectivity index (χ0v) is 20.9. The number of ether oxygens (including phenoxy) is 3. The first-order chi connectivity index (χ1) is 12.7. The van der Waals surface area contributed by atoms with Crippen LogP contribution in [0.2, 0.25) is 0 Å². The molecule has 0 saturated carbocycles. The van der Waals surface area contributed by atoms with Gasteiger partial charge < -0.3 is 30.2 Å². The van der Waals surface area contributed by atoms with Crippen molar-refractivity contribution < 1.29 is 19.0 Å². The molecule has 0 bridgehead atoms. The molecule has 28 heavy (non-hydrogen) atoms. The Hall–Kier alpha value is -0.810. The summed E-state index contributed by atoms with van der Waals surface area (Å²) < 4.78 is 15.7. The minimum Gasteiger partial charge on any atom is -0.444 e. The number of carbonyl (C=O) groups is 1. The summed E-state index contributed by atoms with van der Waals surface area (Å²) in [5.41, 5.74) is -0.517. The first-order valence-electron chi connectivity index (χ1n) is 9.78. The van der Waals surface area contributed by atoms with Gasteiger partial charge in [0.15, 0.2) is 5.96 Å². The molecule has 9 heteroatoms. The van der Waals surface area contributed by atoms with Crippen molar-refractivity contribution in [2.45, 2.75) is 59.6 Å². The Balaban J connectivity index is 0. The lowest BCUT2D eigenvalue weighted by Crippen LogP contribution is -2.45. The van der Waals surface area contributed by atoms with Crippen LogP contribution in [-0.2, 0) is 14.2 Å². The highest BCUT2D eigenvalue weighted by Crippen LogP contribution is 2.09. The third-order valence-electron chi connectivity index (χ3n) is 3.49. The van der Waals surface area contributed by atoms with E-state index in [9.17, 15) is 4.79 Å². The van der Waals surface area contributed by atoms with Crippen LogP contribution in [0.1, 0.15) is 48.0 Å². The Morgan fingerprint density at radius 2 is 1.79 bits per heavy atom. The summed E-state index contributed by atoms with van der Waals surface area (Å²) in [7, 11) is 1.66. The number of nitrogens with one attached hydrogen (secondary N) is 3. The maximum absolute atomic E-state index is 12.0. The molecule has 0 aliphatic rings. The number of methoxy groups -OCH3 is 1. The largest absolute Gasteiger partial charge is 0.444 e. The molecule has 0 aromatic rings. The zero-order valence-electron chi connectivity index (χ0n) is 18.6. The fraction of sp³-hybridized carbons (Fsp3) is 0.895. The average molecular weight is 516 g/mol. The number of halogens is 1. The lowest BCUT2D eigenvalue weighted by atomic mass is 10.1. The molecule has 0 rings (SSSR count). The standard InChI is InChI=1S/C19H40N4O4.HI/c1-8-20-17(21-10-9-11-26-13-12-25-7)22-14-16(15(2)3)23-18(24)27-19(4,5)6;/h15-16H,8-14H2,1-7H3,(H,23,24)(H2,20,21,22);1H. The van der Waals surface area contributed by atoms with Crippen molar-refractivity contribution in [2.75, 3.05) is 46.6 Å². The van der Waals surface area contributed by atoms with E-state index in [1.54, 1.807) is 7.11 Å². The van der Waals surface area contributed by atoms with Gasteiger partial charge in [-0.2, -0.15) is 0 Å². The van der Waals surface area contributed by atoms with E-state index in [4.69, 9.17) is 14.2 Å². The topological polar surface area (TPSA) is 93.2 Å². The number of guanidine groups is 1. The number of nitrogens with zero attached hydrogens (tertiary/aromatic N) is 1. The number of alkyl carbamates (subject to hydrolysis) is 1. The summed E-state index contributed by atoms with van der Waals surface area (Å²) in [5.74, 6) is 0.962. The van der Waals surface area contributed by atoms with Gasteiger partial charge in [-0.05, 0) is 40.0 Å². The molecule has 0 aliphatic carbocycles. The molecule has 0 aromatic carbocycles. The molecule has 1 atom stereocenters. The number of hydrogen-bond acceptors (Lipinski definition) is 5. The minimum atomic E-state index is -0.517. The van der Waals surface area contributed by atoms with E-state index in [-0.39, 0.29) is 35.9 Å². The molecule has 3 N–H and O–H groups in total. The third kappa shape index (κ3) is 17.3. The Bertz CT molecular complexity index is 429. The average Bonchev–Trinajstić information content (AvgIpc) is 2.55. The second-order valence-electron chi connectivity index (χ2n) is 7.60. The molecular formula is C19H41IN4O4. The fourth-order valence-corrected chi connectivity index (χ4v) is 2.04. The van der Waals surface area contributed by atoms with E-state index in [1.165, 1.54) is 0 Å². The fourth-order valence-electron chi connectivity index (χ4n) is 2.04. The third-order valence-corrected chi connectivity index (χ3v) is 3.49. The van der Waals surface area contributed by atoms with Crippen molar-refractivity contribution in [2.24, 2.45) is 10.9 Å². The highest BCUT2D eigenvalue weighted by atomic mass is 127. The van der Waals surface area contributed by atoms with Crippen molar-refractivity contribution in [3.05, 3.63) is 0 Å². The van der Waals surface area contributed by atoms with Gasteiger partial charge in [0, 0.05) is 26.8 Å². The van der Waals surface area contributed by atoms with Gasteiger partial charge in [-0.1, -0.05) is 13.8 Å². The zero-order chi connectivity index (χ0) is 20.7. The van der Waals surface area contributed by atoms with Crippen molar-refractivity contribution in [1.82, 2.24) is 16.0 Å². The highest BCUT2D eigenvalue weighted by molar-refractivity contribution is 14.0. The van der Waals surface area contributed by atoms with Gasteiger partial charge in [0.2, 0.25) is 0 Å². The maximum Gasteiger partial charge on any atom is 0.407 e. The lowest BCUT2D eigenvalue weighted by molar-refractivity contribution is 0.0493. The van der Waals surface area contributed by atoms with Gasteiger partial charge in [0.05, 0.1) is 25.8 Å². The molecule has 0 spiro atoms. The van der Waals surface area contributed by atoms with E-state index < -0.39 is 11.7 Å². The van der Waals surface area contributed by atoms with E-state index in [2.05, 4.69) is 34.8 Å².